The Hall–Kier alpha value is -2.57. The maximum Gasteiger partial charge on any atom is 0.277 e. The summed E-state index contributed by atoms with van der Waals surface area (Å²) in [7, 11) is 0. The summed E-state index contributed by atoms with van der Waals surface area (Å²) in [5.74, 6) is 0.355. The third kappa shape index (κ3) is 2.20. The van der Waals surface area contributed by atoms with Crippen LogP contribution >= 0.6 is 0 Å². The van der Waals surface area contributed by atoms with Crippen LogP contribution in [0.1, 0.15) is 24.3 Å². The number of carbonyl (C=O) groups is 2. The molecule has 0 unspecified atom stereocenters. The third-order valence-corrected chi connectivity index (χ3v) is 3.59. The van der Waals surface area contributed by atoms with Crippen molar-refractivity contribution in [3.63, 3.8) is 0 Å². The Morgan fingerprint density at radius 1 is 1.43 bits per heavy atom. The van der Waals surface area contributed by atoms with Gasteiger partial charge in [-0.2, -0.15) is 0 Å². The lowest BCUT2D eigenvalue weighted by Crippen LogP contribution is -2.63. The van der Waals surface area contributed by atoms with Crippen molar-refractivity contribution in [3.8, 4) is 11.5 Å². The van der Waals surface area contributed by atoms with Crippen LogP contribution in [0.4, 0.5) is 0 Å². The second kappa shape index (κ2) is 4.76. The molecular formula is C14H15N3O4. The van der Waals surface area contributed by atoms with Crippen molar-refractivity contribution in [2.45, 2.75) is 19.4 Å². The first-order valence-electron chi connectivity index (χ1n) is 6.61. The highest BCUT2D eigenvalue weighted by molar-refractivity contribution is 5.98. The van der Waals surface area contributed by atoms with E-state index in [1.54, 1.807) is 26.0 Å². The lowest BCUT2D eigenvalue weighted by Gasteiger charge is -2.40. The number of nitrogens with one attached hydrogen (secondary N) is 1. The number of aromatic nitrogens is 1. The minimum Gasteiger partial charge on any atom is -0.461 e. The van der Waals surface area contributed by atoms with E-state index in [2.05, 4.69) is 10.5 Å². The molecule has 0 aromatic carbocycles. The quantitative estimate of drug-likeness (QED) is 0.899. The van der Waals surface area contributed by atoms with E-state index in [0.717, 1.165) is 0 Å². The zero-order chi connectivity index (χ0) is 15.0. The predicted octanol–water partition coefficient (Wildman–Crippen LogP) is 1.29. The Labute approximate surface area is 120 Å². The normalized spacial score (nSPS) is 17.6. The number of hydrogen-bond donors (Lipinski definition) is 1. The molecule has 1 aliphatic heterocycles. The van der Waals surface area contributed by atoms with Gasteiger partial charge in [0.25, 0.3) is 5.91 Å². The fourth-order valence-corrected chi connectivity index (χ4v) is 2.30. The largest absolute Gasteiger partial charge is 0.461 e. The van der Waals surface area contributed by atoms with Gasteiger partial charge in [0.05, 0.1) is 6.26 Å². The molecule has 0 spiro atoms. The summed E-state index contributed by atoms with van der Waals surface area (Å²) in [6.07, 6.45) is 1.51. The van der Waals surface area contributed by atoms with Crippen molar-refractivity contribution in [2.24, 2.45) is 0 Å². The van der Waals surface area contributed by atoms with Crippen LogP contribution in [-0.2, 0) is 4.79 Å². The van der Waals surface area contributed by atoms with Gasteiger partial charge in [-0.3, -0.25) is 9.59 Å². The van der Waals surface area contributed by atoms with E-state index < -0.39 is 5.54 Å². The van der Waals surface area contributed by atoms with Gasteiger partial charge in [0.2, 0.25) is 11.7 Å². The fraction of sp³-hybridized carbons (Fsp3) is 0.357. The van der Waals surface area contributed by atoms with Gasteiger partial charge in [-0.25, -0.2) is 0 Å². The molecule has 0 radical (unpaired) electrons. The average Bonchev–Trinajstić information content (AvgIpc) is 3.10. The van der Waals surface area contributed by atoms with Gasteiger partial charge in [-0.05, 0) is 26.0 Å². The van der Waals surface area contributed by atoms with Crippen LogP contribution in [0.3, 0.4) is 0 Å². The molecule has 3 heterocycles. The first-order valence-corrected chi connectivity index (χ1v) is 6.61. The number of piperazine rings is 1. The van der Waals surface area contributed by atoms with Crippen LogP contribution in [-0.4, -0.2) is 40.5 Å². The predicted molar refractivity (Wildman–Crippen MR) is 72.3 cm³/mol. The summed E-state index contributed by atoms with van der Waals surface area (Å²) in [6, 6.07) is 4.95. The molecule has 3 rings (SSSR count). The SMILES string of the molecule is CC1(C)C(=O)NCCN1C(=O)c1cc(-c2ccco2)on1. The molecule has 1 saturated heterocycles. The Morgan fingerprint density at radius 2 is 2.24 bits per heavy atom. The summed E-state index contributed by atoms with van der Waals surface area (Å²) in [5.41, 5.74) is -0.761. The van der Waals surface area contributed by atoms with Crippen LogP contribution < -0.4 is 5.32 Å². The minimum absolute atomic E-state index is 0.157. The fourth-order valence-electron chi connectivity index (χ4n) is 2.30. The van der Waals surface area contributed by atoms with E-state index in [4.69, 9.17) is 8.94 Å². The average molecular weight is 289 g/mol. The Bertz CT molecular complexity index is 672. The van der Waals surface area contributed by atoms with E-state index in [-0.39, 0.29) is 17.5 Å². The second-order valence-electron chi connectivity index (χ2n) is 5.33. The standard InChI is InChI=1S/C14H15N3O4/c1-14(2)13(19)15-5-6-17(14)12(18)9-8-11(21-16-9)10-4-3-7-20-10/h3-4,7-8H,5-6H2,1-2H3,(H,15,19). The minimum atomic E-state index is -0.918. The number of rotatable bonds is 2. The molecule has 1 aliphatic rings. The van der Waals surface area contributed by atoms with Crippen molar-refractivity contribution in [1.29, 1.82) is 0 Å². The molecule has 1 fully saturated rings. The second-order valence-corrected chi connectivity index (χ2v) is 5.33. The first-order chi connectivity index (χ1) is 10.00. The van der Waals surface area contributed by atoms with Crippen LogP contribution in [0.5, 0.6) is 0 Å². The maximum atomic E-state index is 12.5. The Kier molecular flexibility index (Phi) is 3.04. The van der Waals surface area contributed by atoms with Crippen molar-refractivity contribution in [3.05, 3.63) is 30.2 Å². The highest BCUT2D eigenvalue weighted by Gasteiger charge is 2.41. The molecule has 1 N–H and O–H groups in total. The summed E-state index contributed by atoms with van der Waals surface area (Å²) < 4.78 is 10.3. The van der Waals surface area contributed by atoms with Crippen molar-refractivity contribution in [1.82, 2.24) is 15.4 Å². The molecule has 0 atom stereocenters. The van der Waals surface area contributed by atoms with E-state index in [1.165, 1.54) is 17.2 Å². The van der Waals surface area contributed by atoms with E-state index in [0.29, 0.717) is 24.6 Å². The molecule has 7 nitrogen and oxygen atoms in total. The molecule has 0 bridgehead atoms. The van der Waals surface area contributed by atoms with Crippen molar-refractivity contribution >= 4 is 11.8 Å². The maximum absolute atomic E-state index is 12.5. The lowest BCUT2D eigenvalue weighted by molar-refractivity contribution is -0.133. The molecule has 0 aliphatic carbocycles. The van der Waals surface area contributed by atoms with Gasteiger partial charge < -0.3 is 19.2 Å². The Morgan fingerprint density at radius 3 is 2.95 bits per heavy atom. The van der Waals surface area contributed by atoms with Gasteiger partial charge in [0.1, 0.15) is 5.54 Å². The highest BCUT2D eigenvalue weighted by Crippen LogP contribution is 2.24. The van der Waals surface area contributed by atoms with Gasteiger partial charge >= 0.3 is 0 Å². The van der Waals surface area contributed by atoms with Gasteiger partial charge in [0, 0.05) is 19.2 Å². The van der Waals surface area contributed by atoms with E-state index in [9.17, 15) is 9.59 Å². The summed E-state index contributed by atoms with van der Waals surface area (Å²) in [6.45, 7) is 4.26. The zero-order valence-corrected chi connectivity index (χ0v) is 11.8. The monoisotopic (exact) mass is 289 g/mol. The van der Waals surface area contributed by atoms with E-state index in [1.807, 2.05) is 0 Å². The number of nitrogens with zero attached hydrogens (tertiary/aromatic N) is 2. The molecule has 110 valence electrons. The van der Waals surface area contributed by atoms with Crippen LogP contribution in [0.25, 0.3) is 11.5 Å². The summed E-state index contributed by atoms with van der Waals surface area (Å²) in [5, 5.41) is 6.52. The summed E-state index contributed by atoms with van der Waals surface area (Å²) in [4.78, 5) is 25.9. The zero-order valence-electron chi connectivity index (χ0n) is 11.8. The number of hydrogen-bond acceptors (Lipinski definition) is 5. The molecule has 21 heavy (non-hydrogen) atoms. The van der Waals surface area contributed by atoms with E-state index >= 15 is 0 Å². The van der Waals surface area contributed by atoms with Crippen molar-refractivity contribution < 1.29 is 18.5 Å². The molecule has 0 saturated carbocycles. The summed E-state index contributed by atoms with van der Waals surface area (Å²) >= 11 is 0. The topological polar surface area (TPSA) is 88.6 Å². The molecule has 2 amide bonds. The van der Waals surface area contributed by atoms with Crippen LogP contribution in [0, 0.1) is 0 Å². The van der Waals surface area contributed by atoms with Gasteiger partial charge in [0.15, 0.2) is 11.5 Å². The van der Waals surface area contributed by atoms with Crippen molar-refractivity contribution in [2.75, 3.05) is 13.1 Å². The number of furan rings is 1. The third-order valence-electron chi connectivity index (χ3n) is 3.59. The molecule has 7 heteroatoms. The number of amides is 2. The number of carbonyl (C=O) groups excluding carboxylic acids is 2. The molecular weight excluding hydrogens is 274 g/mol. The highest BCUT2D eigenvalue weighted by atomic mass is 16.5. The molecule has 2 aromatic rings. The molecule has 2 aromatic heterocycles. The first kappa shape index (κ1) is 13.4. The van der Waals surface area contributed by atoms with Gasteiger partial charge in [-0.1, -0.05) is 5.16 Å². The smallest absolute Gasteiger partial charge is 0.277 e. The van der Waals surface area contributed by atoms with Crippen LogP contribution in [0.15, 0.2) is 33.4 Å². The Balaban J connectivity index is 1.87. The van der Waals surface area contributed by atoms with Gasteiger partial charge in [-0.15, -0.1) is 0 Å². The van der Waals surface area contributed by atoms with Crippen LogP contribution in [0.2, 0.25) is 0 Å². The lowest BCUT2D eigenvalue weighted by atomic mass is 9.98.